The molecule has 146 valence electrons. The summed E-state index contributed by atoms with van der Waals surface area (Å²) in [6, 6.07) is 4.17. The van der Waals surface area contributed by atoms with Crippen LogP contribution in [0.4, 0.5) is 11.4 Å². The molecule has 3 N–H and O–H groups in total. The molecule has 1 aliphatic heterocycles. The maximum atomic E-state index is 12.1. The lowest BCUT2D eigenvalue weighted by Gasteiger charge is -2.30. The number of aliphatic carboxylic acids is 1. The van der Waals surface area contributed by atoms with E-state index in [-0.39, 0.29) is 29.4 Å². The number of nitrogens with zero attached hydrogens (tertiary/aromatic N) is 2. The number of hydrogen-bond acceptors (Lipinski definition) is 6. The van der Waals surface area contributed by atoms with Gasteiger partial charge in [-0.2, -0.15) is 0 Å². The quantitative estimate of drug-likeness (QED) is 0.592. The van der Waals surface area contributed by atoms with Crippen molar-refractivity contribution in [3.05, 3.63) is 23.8 Å². The third-order valence-electron chi connectivity index (χ3n) is 4.11. The SMILES string of the molecule is CC(=O)N(CCN1CCOCC1)c1cccc(NC(=O)C(=O)O)c1C(=O)O. The molecule has 2 rings (SSSR count). The van der Waals surface area contributed by atoms with E-state index in [0.29, 0.717) is 32.8 Å². The van der Waals surface area contributed by atoms with Gasteiger partial charge < -0.3 is 25.2 Å². The zero-order chi connectivity index (χ0) is 20.0. The molecule has 0 atom stereocenters. The van der Waals surface area contributed by atoms with Crippen molar-refractivity contribution in [1.82, 2.24) is 4.90 Å². The van der Waals surface area contributed by atoms with E-state index in [4.69, 9.17) is 9.84 Å². The Morgan fingerprint density at radius 2 is 1.85 bits per heavy atom. The number of ether oxygens (including phenoxy) is 1. The number of nitrogens with one attached hydrogen (secondary N) is 1. The Labute approximate surface area is 155 Å². The fourth-order valence-electron chi connectivity index (χ4n) is 2.78. The van der Waals surface area contributed by atoms with Gasteiger partial charge in [0.2, 0.25) is 5.91 Å². The first-order valence-corrected chi connectivity index (χ1v) is 8.30. The molecule has 1 fully saturated rings. The fourth-order valence-corrected chi connectivity index (χ4v) is 2.78. The van der Waals surface area contributed by atoms with Crippen molar-refractivity contribution >= 4 is 35.1 Å². The van der Waals surface area contributed by atoms with Gasteiger partial charge in [-0.05, 0) is 12.1 Å². The molecule has 0 spiro atoms. The molecule has 1 saturated heterocycles. The number of carboxylic acids is 2. The number of carbonyl (C=O) groups excluding carboxylic acids is 2. The molecule has 0 unspecified atom stereocenters. The Hall–Kier alpha value is -2.98. The summed E-state index contributed by atoms with van der Waals surface area (Å²) in [7, 11) is 0. The Kier molecular flexibility index (Phi) is 6.85. The molecule has 1 aromatic carbocycles. The lowest BCUT2D eigenvalue weighted by Crippen LogP contribution is -2.43. The van der Waals surface area contributed by atoms with E-state index >= 15 is 0 Å². The van der Waals surface area contributed by atoms with E-state index in [1.165, 1.54) is 30.0 Å². The second-order valence-corrected chi connectivity index (χ2v) is 5.89. The monoisotopic (exact) mass is 379 g/mol. The zero-order valence-corrected chi connectivity index (χ0v) is 14.8. The molecule has 1 aromatic rings. The molecule has 1 heterocycles. The summed E-state index contributed by atoms with van der Waals surface area (Å²) < 4.78 is 5.27. The Balaban J connectivity index is 2.31. The molecule has 10 nitrogen and oxygen atoms in total. The van der Waals surface area contributed by atoms with Crippen LogP contribution in [0, 0.1) is 0 Å². The molecule has 27 heavy (non-hydrogen) atoms. The van der Waals surface area contributed by atoms with Gasteiger partial charge in [-0.1, -0.05) is 6.07 Å². The first-order chi connectivity index (χ1) is 12.8. The number of amides is 2. The molecular weight excluding hydrogens is 358 g/mol. The first kappa shape index (κ1) is 20.3. The molecule has 1 aliphatic rings. The normalized spacial score (nSPS) is 14.4. The van der Waals surface area contributed by atoms with Crippen LogP contribution in [0.2, 0.25) is 0 Å². The average molecular weight is 379 g/mol. The van der Waals surface area contributed by atoms with Crippen LogP contribution >= 0.6 is 0 Å². The smallest absolute Gasteiger partial charge is 0.394 e. The number of benzene rings is 1. The number of hydrogen-bond donors (Lipinski definition) is 3. The third-order valence-corrected chi connectivity index (χ3v) is 4.11. The number of carboxylic acid groups (broad SMARTS) is 2. The number of rotatable bonds is 6. The predicted octanol–water partition coefficient (Wildman–Crippen LogP) is 0.0930. The lowest BCUT2D eigenvalue weighted by atomic mass is 10.1. The first-order valence-electron chi connectivity index (χ1n) is 8.30. The molecule has 0 aliphatic carbocycles. The van der Waals surface area contributed by atoms with Gasteiger partial charge in [0.05, 0.1) is 24.6 Å². The number of morpholine rings is 1. The third kappa shape index (κ3) is 5.25. The predicted molar refractivity (Wildman–Crippen MR) is 95.0 cm³/mol. The maximum absolute atomic E-state index is 12.1. The van der Waals surface area contributed by atoms with Crippen LogP contribution in [0.3, 0.4) is 0 Å². The van der Waals surface area contributed by atoms with Crippen molar-refractivity contribution in [2.24, 2.45) is 0 Å². The summed E-state index contributed by atoms with van der Waals surface area (Å²) in [5.41, 5.74) is -0.444. The van der Waals surface area contributed by atoms with E-state index in [1.54, 1.807) is 0 Å². The Bertz CT molecular complexity index is 744. The van der Waals surface area contributed by atoms with Crippen LogP contribution in [0.25, 0.3) is 0 Å². The van der Waals surface area contributed by atoms with Crippen LogP contribution < -0.4 is 10.2 Å². The molecule has 2 amide bonds. The van der Waals surface area contributed by atoms with Gasteiger partial charge in [-0.15, -0.1) is 0 Å². The summed E-state index contributed by atoms with van der Waals surface area (Å²) in [5, 5.41) is 20.4. The van der Waals surface area contributed by atoms with Crippen molar-refractivity contribution < 1.29 is 34.1 Å². The van der Waals surface area contributed by atoms with Gasteiger partial charge in [0.1, 0.15) is 5.56 Å². The Morgan fingerprint density at radius 1 is 1.19 bits per heavy atom. The summed E-state index contributed by atoms with van der Waals surface area (Å²) in [4.78, 5) is 49.5. The molecule has 0 saturated carbocycles. The zero-order valence-electron chi connectivity index (χ0n) is 14.8. The second kappa shape index (κ2) is 9.10. The van der Waals surface area contributed by atoms with Gasteiger partial charge in [-0.25, -0.2) is 9.59 Å². The van der Waals surface area contributed by atoms with Gasteiger partial charge in [0.15, 0.2) is 0 Å². The molecule has 10 heteroatoms. The average Bonchev–Trinajstić information content (AvgIpc) is 2.62. The highest BCUT2D eigenvalue weighted by Crippen LogP contribution is 2.28. The molecule has 0 radical (unpaired) electrons. The minimum atomic E-state index is -1.74. The molecule has 0 aromatic heterocycles. The summed E-state index contributed by atoms with van der Waals surface area (Å²) >= 11 is 0. The van der Waals surface area contributed by atoms with E-state index in [1.807, 2.05) is 5.32 Å². The molecular formula is C17H21N3O7. The lowest BCUT2D eigenvalue weighted by molar-refractivity contribution is -0.147. The van der Waals surface area contributed by atoms with E-state index in [0.717, 1.165) is 0 Å². The standard InChI is InChI=1S/C17H21N3O7/c1-11(21)20(6-5-19-7-9-27-10-8-19)13-4-2-3-12(14(13)16(23)24)18-15(22)17(25)26/h2-4H,5-10H2,1H3,(H,18,22)(H,23,24)(H,25,26). The minimum absolute atomic E-state index is 0.0893. The highest BCUT2D eigenvalue weighted by atomic mass is 16.5. The van der Waals surface area contributed by atoms with Crippen LogP contribution in [0.5, 0.6) is 0 Å². The summed E-state index contributed by atoms with van der Waals surface area (Å²) in [5.74, 6) is -4.86. The molecule has 0 bridgehead atoms. The van der Waals surface area contributed by atoms with Crippen LogP contribution in [0.1, 0.15) is 17.3 Å². The van der Waals surface area contributed by atoms with E-state index in [9.17, 15) is 24.3 Å². The van der Waals surface area contributed by atoms with Crippen molar-refractivity contribution in [3.8, 4) is 0 Å². The fraction of sp³-hybridized carbons (Fsp3) is 0.412. The van der Waals surface area contributed by atoms with Crippen LogP contribution in [0.15, 0.2) is 18.2 Å². The highest BCUT2D eigenvalue weighted by Gasteiger charge is 2.25. The van der Waals surface area contributed by atoms with Gasteiger partial charge in [-0.3, -0.25) is 14.5 Å². The minimum Gasteiger partial charge on any atom is -0.478 e. The van der Waals surface area contributed by atoms with E-state index in [2.05, 4.69) is 4.90 Å². The Morgan fingerprint density at radius 3 is 2.41 bits per heavy atom. The highest BCUT2D eigenvalue weighted by molar-refractivity contribution is 6.37. The number of aromatic carboxylic acids is 1. The summed E-state index contributed by atoms with van der Waals surface area (Å²) in [6.07, 6.45) is 0. The second-order valence-electron chi connectivity index (χ2n) is 5.89. The van der Waals surface area contributed by atoms with Gasteiger partial charge in [0.25, 0.3) is 0 Å². The maximum Gasteiger partial charge on any atom is 0.394 e. The van der Waals surface area contributed by atoms with Crippen LogP contribution in [-0.4, -0.2) is 78.3 Å². The van der Waals surface area contributed by atoms with Crippen molar-refractivity contribution in [3.63, 3.8) is 0 Å². The van der Waals surface area contributed by atoms with Crippen molar-refractivity contribution in [1.29, 1.82) is 0 Å². The number of anilines is 2. The van der Waals surface area contributed by atoms with Crippen LogP contribution in [-0.2, 0) is 19.1 Å². The topological polar surface area (TPSA) is 136 Å². The largest absolute Gasteiger partial charge is 0.478 e. The van der Waals surface area contributed by atoms with Gasteiger partial charge in [0, 0.05) is 33.1 Å². The van der Waals surface area contributed by atoms with Gasteiger partial charge >= 0.3 is 17.8 Å². The number of carbonyl (C=O) groups is 4. The summed E-state index contributed by atoms with van der Waals surface area (Å²) in [6.45, 7) is 4.69. The van der Waals surface area contributed by atoms with Crippen molar-refractivity contribution in [2.75, 3.05) is 49.6 Å². The van der Waals surface area contributed by atoms with E-state index < -0.39 is 17.8 Å². The van der Waals surface area contributed by atoms with Crippen molar-refractivity contribution in [2.45, 2.75) is 6.92 Å².